The number of methoxy groups -OCH3 is 2. The zero-order valence-corrected chi connectivity index (χ0v) is 10.5. The monoisotopic (exact) mass is 237 g/mol. The smallest absolute Gasteiger partial charge is 0.125 e. The fourth-order valence-corrected chi connectivity index (χ4v) is 2.16. The van der Waals surface area contributed by atoms with E-state index >= 15 is 0 Å². The third-order valence-corrected chi connectivity index (χ3v) is 3.25. The minimum Gasteiger partial charge on any atom is -0.496 e. The number of β-amino-alcohol motifs (C(OH)–C–C–N with tert-alkyl or cyclic N) is 1. The fourth-order valence-electron chi connectivity index (χ4n) is 2.16. The van der Waals surface area contributed by atoms with Gasteiger partial charge in [-0.15, -0.1) is 0 Å². The minimum atomic E-state index is -0.620. The normalized spacial score (nSPS) is 17.4. The van der Waals surface area contributed by atoms with Crippen LogP contribution in [0.5, 0.6) is 11.5 Å². The van der Waals surface area contributed by atoms with Crippen molar-refractivity contribution in [2.75, 3.05) is 27.3 Å². The first kappa shape index (κ1) is 12.2. The van der Waals surface area contributed by atoms with Gasteiger partial charge in [-0.3, -0.25) is 0 Å². The number of hydrogen-bond acceptors (Lipinski definition) is 4. The van der Waals surface area contributed by atoms with E-state index in [2.05, 4.69) is 5.32 Å². The summed E-state index contributed by atoms with van der Waals surface area (Å²) in [5.41, 5.74) is 1.40. The summed E-state index contributed by atoms with van der Waals surface area (Å²) in [6, 6.07) is 3.93. The van der Waals surface area contributed by atoms with Crippen LogP contribution < -0.4 is 14.8 Å². The van der Waals surface area contributed by atoms with Crippen molar-refractivity contribution in [3.63, 3.8) is 0 Å². The van der Waals surface area contributed by atoms with Crippen LogP contribution in [0.4, 0.5) is 0 Å². The molecule has 1 aromatic carbocycles. The highest BCUT2D eigenvalue weighted by Gasteiger charge is 2.34. The van der Waals surface area contributed by atoms with Crippen LogP contribution >= 0.6 is 0 Å². The van der Waals surface area contributed by atoms with Gasteiger partial charge in [0.1, 0.15) is 11.5 Å². The molecule has 4 heteroatoms. The van der Waals surface area contributed by atoms with Gasteiger partial charge in [0.15, 0.2) is 0 Å². The quantitative estimate of drug-likeness (QED) is 0.816. The molecule has 1 saturated heterocycles. The molecular weight excluding hydrogens is 218 g/mol. The van der Waals surface area contributed by atoms with Gasteiger partial charge in [0.25, 0.3) is 0 Å². The second kappa shape index (κ2) is 4.55. The number of rotatable bonds is 4. The number of benzene rings is 1. The Bertz CT molecular complexity index is 388. The third kappa shape index (κ3) is 2.37. The highest BCUT2D eigenvalue weighted by Crippen LogP contribution is 2.31. The fraction of sp³-hybridized carbons (Fsp3) is 0.538. The number of hydrogen-bond donors (Lipinski definition) is 2. The zero-order chi connectivity index (χ0) is 12.5. The predicted octanol–water partition coefficient (Wildman–Crippen LogP) is 0.889. The van der Waals surface area contributed by atoms with Crippen molar-refractivity contribution < 1.29 is 14.6 Å². The van der Waals surface area contributed by atoms with Gasteiger partial charge in [0.2, 0.25) is 0 Å². The first-order chi connectivity index (χ1) is 8.08. The van der Waals surface area contributed by atoms with Crippen molar-refractivity contribution in [3.8, 4) is 11.5 Å². The van der Waals surface area contributed by atoms with E-state index in [0.29, 0.717) is 19.5 Å². The molecule has 0 saturated carbocycles. The SMILES string of the molecule is COc1cc(CC2(O)CNC2)cc(OC)c1C. The molecule has 0 radical (unpaired) electrons. The third-order valence-electron chi connectivity index (χ3n) is 3.25. The van der Waals surface area contributed by atoms with E-state index in [0.717, 1.165) is 22.6 Å². The van der Waals surface area contributed by atoms with Gasteiger partial charge in [0.05, 0.1) is 19.8 Å². The molecule has 1 heterocycles. The molecule has 0 bridgehead atoms. The molecule has 0 spiro atoms. The van der Waals surface area contributed by atoms with E-state index < -0.39 is 5.60 Å². The Hall–Kier alpha value is -1.26. The molecule has 0 aromatic heterocycles. The summed E-state index contributed by atoms with van der Waals surface area (Å²) in [4.78, 5) is 0. The molecule has 94 valence electrons. The maximum atomic E-state index is 10.1. The lowest BCUT2D eigenvalue weighted by molar-refractivity contribution is -0.00907. The summed E-state index contributed by atoms with van der Waals surface area (Å²) in [6.45, 7) is 3.25. The van der Waals surface area contributed by atoms with E-state index in [9.17, 15) is 5.11 Å². The number of nitrogens with one attached hydrogen (secondary N) is 1. The Morgan fingerprint density at radius 3 is 2.12 bits per heavy atom. The van der Waals surface area contributed by atoms with E-state index in [1.807, 2.05) is 19.1 Å². The molecule has 1 aliphatic rings. The lowest BCUT2D eigenvalue weighted by Gasteiger charge is -2.37. The van der Waals surface area contributed by atoms with Crippen molar-refractivity contribution in [1.82, 2.24) is 5.32 Å². The molecule has 2 N–H and O–H groups in total. The van der Waals surface area contributed by atoms with Gasteiger partial charge in [-0.1, -0.05) is 0 Å². The van der Waals surface area contributed by atoms with Crippen LogP contribution in [0.25, 0.3) is 0 Å². The lowest BCUT2D eigenvalue weighted by atomic mass is 9.88. The van der Waals surface area contributed by atoms with Gasteiger partial charge < -0.3 is 19.9 Å². The molecule has 0 atom stereocenters. The van der Waals surface area contributed by atoms with Crippen LogP contribution in [0.3, 0.4) is 0 Å². The number of ether oxygens (including phenoxy) is 2. The molecule has 1 aliphatic heterocycles. The Morgan fingerprint density at radius 1 is 1.24 bits per heavy atom. The Kier molecular flexibility index (Phi) is 3.26. The molecular formula is C13H19NO3. The first-order valence-electron chi connectivity index (χ1n) is 5.72. The standard InChI is InChI=1S/C13H19NO3/c1-9-11(16-2)4-10(5-12(9)17-3)6-13(15)7-14-8-13/h4-5,14-15H,6-8H2,1-3H3. The lowest BCUT2D eigenvalue weighted by Crippen LogP contribution is -2.60. The zero-order valence-electron chi connectivity index (χ0n) is 10.5. The molecule has 0 amide bonds. The van der Waals surface area contributed by atoms with Crippen molar-refractivity contribution in [3.05, 3.63) is 23.3 Å². The van der Waals surface area contributed by atoms with Crippen LogP contribution in [0.1, 0.15) is 11.1 Å². The van der Waals surface area contributed by atoms with Crippen LogP contribution in [-0.2, 0) is 6.42 Å². The molecule has 17 heavy (non-hydrogen) atoms. The molecule has 1 fully saturated rings. The van der Waals surface area contributed by atoms with Gasteiger partial charge >= 0.3 is 0 Å². The summed E-state index contributed by atoms with van der Waals surface area (Å²) < 4.78 is 10.6. The van der Waals surface area contributed by atoms with Crippen molar-refractivity contribution in [2.45, 2.75) is 18.9 Å². The molecule has 1 aromatic rings. The van der Waals surface area contributed by atoms with Crippen LogP contribution in [0.2, 0.25) is 0 Å². The number of aliphatic hydroxyl groups is 1. The van der Waals surface area contributed by atoms with Crippen molar-refractivity contribution in [2.24, 2.45) is 0 Å². The van der Waals surface area contributed by atoms with E-state index in [1.54, 1.807) is 14.2 Å². The van der Waals surface area contributed by atoms with Crippen molar-refractivity contribution >= 4 is 0 Å². The summed E-state index contributed by atoms with van der Waals surface area (Å²) in [5.74, 6) is 1.60. The van der Waals surface area contributed by atoms with Gasteiger partial charge in [-0.2, -0.15) is 0 Å². The Morgan fingerprint density at radius 2 is 1.76 bits per heavy atom. The Labute approximate surface area is 102 Å². The molecule has 0 unspecified atom stereocenters. The van der Waals surface area contributed by atoms with Crippen LogP contribution in [0, 0.1) is 6.92 Å². The maximum Gasteiger partial charge on any atom is 0.125 e. The summed E-state index contributed by atoms with van der Waals surface area (Å²) in [5, 5.41) is 13.2. The molecule has 0 aliphatic carbocycles. The highest BCUT2D eigenvalue weighted by atomic mass is 16.5. The van der Waals surface area contributed by atoms with E-state index in [1.165, 1.54) is 0 Å². The second-order valence-corrected chi connectivity index (χ2v) is 4.63. The van der Waals surface area contributed by atoms with Gasteiger partial charge in [-0.05, 0) is 24.6 Å². The van der Waals surface area contributed by atoms with Crippen molar-refractivity contribution in [1.29, 1.82) is 0 Å². The van der Waals surface area contributed by atoms with Crippen LogP contribution in [0.15, 0.2) is 12.1 Å². The summed E-state index contributed by atoms with van der Waals surface area (Å²) >= 11 is 0. The average molecular weight is 237 g/mol. The van der Waals surface area contributed by atoms with Gasteiger partial charge in [-0.25, -0.2) is 0 Å². The predicted molar refractivity (Wildman–Crippen MR) is 65.8 cm³/mol. The van der Waals surface area contributed by atoms with Crippen LogP contribution in [-0.4, -0.2) is 38.0 Å². The maximum absolute atomic E-state index is 10.1. The van der Waals surface area contributed by atoms with E-state index in [-0.39, 0.29) is 0 Å². The minimum absolute atomic E-state index is 0.618. The second-order valence-electron chi connectivity index (χ2n) is 4.63. The average Bonchev–Trinajstić information content (AvgIpc) is 2.29. The Balaban J connectivity index is 2.27. The summed E-state index contributed by atoms with van der Waals surface area (Å²) in [7, 11) is 3.29. The molecule has 2 rings (SSSR count). The van der Waals surface area contributed by atoms with Gasteiger partial charge in [0, 0.05) is 25.1 Å². The highest BCUT2D eigenvalue weighted by molar-refractivity contribution is 5.47. The topological polar surface area (TPSA) is 50.7 Å². The van der Waals surface area contributed by atoms with E-state index in [4.69, 9.17) is 9.47 Å². The summed E-state index contributed by atoms with van der Waals surface area (Å²) in [6.07, 6.45) is 0.618. The molecule has 4 nitrogen and oxygen atoms in total. The largest absolute Gasteiger partial charge is 0.496 e. The first-order valence-corrected chi connectivity index (χ1v) is 5.72.